The molecule has 3 rings (SSSR count). The third kappa shape index (κ3) is 4.80. The van der Waals surface area contributed by atoms with Crippen LogP contribution in [-0.4, -0.2) is 32.0 Å². The summed E-state index contributed by atoms with van der Waals surface area (Å²) in [4.78, 5) is 0. The first-order chi connectivity index (χ1) is 11.1. The topological polar surface area (TPSA) is 46.2 Å². The number of sulfone groups is 1. The maximum absolute atomic E-state index is 11.9. The number of benzene rings is 1. The van der Waals surface area contributed by atoms with Crippen LogP contribution in [0.4, 0.5) is 0 Å². The van der Waals surface area contributed by atoms with Gasteiger partial charge in [0.25, 0.3) is 0 Å². The van der Waals surface area contributed by atoms with E-state index in [0.717, 1.165) is 25.8 Å². The molecule has 0 aromatic heterocycles. The van der Waals surface area contributed by atoms with Crippen LogP contribution in [0.15, 0.2) is 30.3 Å². The van der Waals surface area contributed by atoms with Crippen molar-refractivity contribution in [3.8, 4) is 0 Å². The predicted octanol–water partition coefficient (Wildman–Crippen LogP) is 3.35. The molecule has 0 unspecified atom stereocenters. The summed E-state index contributed by atoms with van der Waals surface area (Å²) in [5, 5.41) is 3.83. The van der Waals surface area contributed by atoms with Gasteiger partial charge in [0.1, 0.15) is 0 Å². The van der Waals surface area contributed by atoms with Crippen LogP contribution in [0.2, 0.25) is 0 Å². The van der Waals surface area contributed by atoms with Crippen molar-refractivity contribution in [3.63, 3.8) is 0 Å². The summed E-state index contributed by atoms with van der Waals surface area (Å²) in [5.74, 6) is 1.06. The van der Waals surface area contributed by atoms with Crippen LogP contribution in [-0.2, 0) is 16.3 Å². The van der Waals surface area contributed by atoms with Gasteiger partial charge in [-0.25, -0.2) is 8.42 Å². The number of hydrogen-bond donors (Lipinski definition) is 1. The second-order valence-corrected chi connectivity index (χ2v) is 9.74. The summed E-state index contributed by atoms with van der Waals surface area (Å²) in [6, 6.07) is 10.7. The van der Waals surface area contributed by atoms with Crippen LogP contribution in [0, 0.1) is 5.92 Å². The molecule has 1 aromatic carbocycles. The van der Waals surface area contributed by atoms with Gasteiger partial charge in [0.05, 0.1) is 11.5 Å². The summed E-state index contributed by atoms with van der Waals surface area (Å²) < 4.78 is 23.7. The van der Waals surface area contributed by atoms with Crippen molar-refractivity contribution in [1.29, 1.82) is 0 Å². The Kier molecular flexibility index (Phi) is 5.42. The van der Waals surface area contributed by atoms with Gasteiger partial charge in [-0.3, -0.25) is 0 Å². The Hall–Kier alpha value is -0.870. The number of rotatable bonds is 5. The van der Waals surface area contributed by atoms with E-state index in [9.17, 15) is 8.42 Å². The van der Waals surface area contributed by atoms with Crippen LogP contribution in [0.3, 0.4) is 0 Å². The fraction of sp³-hybridized carbons (Fsp3) is 0.684. The van der Waals surface area contributed by atoms with Gasteiger partial charge in [-0.1, -0.05) is 49.6 Å². The Morgan fingerprint density at radius 2 is 1.78 bits per heavy atom. The van der Waals surface area contributed by atoms with Crippen LogP contribution < -0.4 is 5.32 Å². The van der Waals surface area contributed by atoms with E-state index in [-0.39, 0.29) is 5.54 Å². The van der Waals surface area contributed by atoms with E-state index in [2.05, 4.69) is 35.6 Å². The van der Waals surface area contributed by atoms with Crippen LogP contribution in [0.1, 0.15) is 50.5 Å². The molecule has 0 radical (unpaired) electrons. The van der Waals surface area contributed by atoms with Crippen molar-refractivity contribution in [2.24, 2.45) is 5.92 Å². The van der Waals surface area contributed by atoms with E-state index >= 15 is 0 Å². The highest BCUT2D eigenvalue weighted by Crippen LogP contribution is 2.32. The highest BCUT2D eigenvalue weighted by atomic mass is 32.2. The molecule has 0 bridgehead atoms. The average molecular weight is 336 g/mol. The molecule has 23 heavy (non-hydrogen) atoms. The van der Waals surface area contributed by atoms with Gasteiger partial charge >= 0.3 is 0 Å². The van der Waals surface area contributed by atoms with E-state index in [4.69, 9.17) is 0 Å². The molecule has 1 N–H and O–H groups in total. The van der Waals surface area contributed by atoms with Crippen molar-refractivity contribution in [3.05, 3.63) is 35.9 Å². The lowest BCUT2D eigenvalue weighted by molar-refractivity contribution is 0.216. The highest BCUT2D eigenvalue weighted by molar-refractivity contribution is 7.91. The van der Waals surface area contributed by atoms with Gasteiger partial charge in [0.2, 0.25) is 0 Å². The Morgan fingerprint density at radius 1 is 1.04 bits per heavy atom. The lowest BCUT2D eigenvalue weighted by Crippen LogP contribution is -2.51. The predicted molar refractivity (Wildman–Crippen MR) is 95.3 cm³/mol. The zero-order valence-corrected chi connectivity index (χ0v) is 14.8. The molecule has 0 spiro atoms. The van der Waals surface area contributed by atoms with Gasteiger partial charge in [-0.2, -0.15) is 0 Å². The first-order valence-corrected chi connectivity index (χ1v) is 10.9. The zero-order valence-electron chi connectivity index (χ0n) is 14.0. The molecule has 128 valence electrons. The van der Waals surface area contributed by atoms with Crippen LogP contribution in [0.5, 0.6) is 0 Å². The minimum Gasteiger partial charge on any atom is -0.311 e. The lowest BCUT2D eigenvalue weighted by atomic mass is 9.77. The van der Waals surface area contributed by atoms with Crippen LogP contribution in [0.25, 0.3) is 0 Å². The highest BCUT2D eigenvalue weighted by Gasteiger charge is 2.33. The van der Waals surface area contributed by atoms with Crippen molar-refractivity contribution in [2.45, 2.75) is 56.9 Å². The fourth-order valence-electron chi connectivity index (χ4n) is 4.27. The fourth-order valence-corrected chi connectivity index (χ4v) is 6.05. The molecule has 1 heterocycles. The minimum atomic E-state index is -2.80. The summed E-state index contributed by atoms with van der Waals surface area (Å²) in [5.41, 5.74) is 1.55. The number of hydrogen-bond acceptors (Lipinski definition) is 3. The first-order valence-electron chi connectivity index (χ1n) is 9.06. The van der Waals surface area contributed by atoms with Gasteiger partial charge in [0, 0.05) is 5.54 Å². The zero-order chi connectivity index (χ0) is 16.2. The molecule has 3 nitrogen and oxygen atoms in total. The summed E-state index contributed by atoms with van der Waals surface area (Å²) in [6.07, 6.45) is 9.26. The van der Waals surface area contributed by atoms with E-state index in [1.54, 1.807) is 0 Å². The third-order valence-electron chi connectivity index (χ3n) is 5.52. The molecule has 1 atom stereocenters. The average Bonchev–Trinajstić information content (AvgIpc) is 2.54. The molecule has 4 heteroatoms. The molecule has 1 saturated heterocycles. The number of nitrogens with one attached hydrogen (secondary N) is 1. The second-order valence-electron chi connectivity index (χ2n) is 7.51. The molecule has 1 aliphatic carbocycles. The first kappa shape index (κ1) is 17.0. The van der Waals surface area contributed by atoms with Crippen molar-refractivity contribution >= 4 is 9.84 Å². The molecular formula is C19H29NO2S. The Labute approximate surface area is 140 Å². The van der Waals surface area contributed by atoms with E-state index in [1.807, 2.05) is 0 Å². The summed E-state index contributed by atoms with van der Waals surface area (Å²) >= 11 is 0. The molecule has 2 fully saturated rings. The molecular weight excluding hydrogens is 306 g/mol. The minimum absolute atomic E-state index is 0.167. The molecule has 1 aliphatic heterocycles. The van der Waals surface area contributed by atoms with Gasteiger partial charge in [0.15, 0.2) is 9.84 Å². The van der Waals surface area contributed by atoms with Gasteiger partial charge in [-0.15, -0.1) is 0 Å². The quantitative estimate of drug-likeness (QED) is 0.897. The third-order valence-corrected chi connectivity index (χ3v) is 7.41. The van der Waals surface area contributed by atoms with Crippen molar-refractivity contribution < 1.29 is 8.42 Å². The second kappa shape index (κ2) is 7.35. The van der Waals surface area contributed by atoms with Crippen LogP contribution >= 0.6 is 0 Å². The van der Waals surface area contributed by atoms with Gasteiger partial charge in [-0.05, 0) is 50.1 Å². The van der Waals surface area contributed by atoms with Crippen molar-refractivity contribution in [1.82, 2.24) is 5.32 Å². The summed E-state index contributed by atoms with van der Waals surface area (Å²) in [6.45, 7) is 0.853. The van der Waals surface area contributed by atoms with Gasteiger partial charge < -0.3 is 5.32 Å². The molecule has 2 aliphatic rings. The van der Waals surface area contributed by atoms with E-state index in [0.29, 0.717) is 17.4 Å². The lowest BCUT2D eigenvalue weighted by Gasteiger charge is -2.40. The largest absolute Gasteiger partial charge is 0.311 e. The monoisotopic (exact) mass is 335 g/mol. The smallest absolute Gasteiger partial charge is 0.150 e. The van der Waals surface area contributed by atoms with E-state index in [1.165, 1.54) is 37.7 Å². The maximum Gasteiger partial charge on any atom is 0.150 e. The van der Waals surface area contributed by atoms with E-state index < -0.39 is 9.84 Å². The molecule has 1 aromatic rings. The standard InChI is InChI=1S/C19H29NO2S/c21-23(22)13-7-10-18(16-23)15-20-19(11-5-2-6-12-19)14-17-8-3-1-4-9-17/h1,3-4,8-9,18,20H,2,5-7,10-16H2/t18-/m1/s1. The molecule has 1 saturated carbocycles. The Balaban J connectivity index is 1.64. The normalized spacial score (nSPS) is 26.7. The Bertz CT molecular complexity index is 591. The molecule has 0 amide bonds. The SMILES string of the molecule is O=S1(=O)CCC[C@H](CNC2(Cc3ccccc3)CCCCC2)C1. The summed E-state index contributed by atoms with van der Waals surface area (Å²) in [7, 11) is -2.80. The van der Waals surface area contributed by atoms with Crippen molar-refractivity contribution in [2.75, 3.05) is 18.1 Å². The maximum atomic E-state index is 11.9. The Morgan fingerprint density at radius 3 is 2.48 bits per heavy atom.